The van der Waals surface area contributed by atoms with E-state index in [1.54, 1.807) is 0 Å². The van der Waals surface area contributed by atoms with Crippen LogP contribution in [0.3, 0.4) is 0 Å². The largest absolute Gasteiger partial charge is 0.423 e. The molecule has 3 heterocycles. The summed E-state index contributed by atoms with van der Waals surface area (Å²) in [7, 11) is 0. The summed E-state index contributed by atoms with van der Waals surface area (Å²) in [5.41, 5.74) is 4.91. The number of carbonyl (C=O) groups is 1. The van der Waals surface area contributed by atoms with Crippen molar-refractivity contribution in [3.8, 4) is 11.1 Å². The smallest absolute Gasteiger partial charge is 0.339 e. The Bertz CT molecular complexity index is 1240. The van der Waals surface area contributed by atoms with Gasteiger partial charge >= 0.3 is 5.63 Å². The number of morpholine rings is 1. The molecule has 0 radical (unpaired) electrons. The van der Waals surface area contributed by atoms with Gasteiger partial charge in [0.1, 0.15) is 5.58 Å². The molecule has 178 valence electrons. The topological polar surface area (TPSA) is 63.0 Å². The van der Waals surface area contributed by atoms with Crippen molar-refractivity contribution in [2.24, 2.45) is 0 Å². The highest BCUT2D eigenvalue weighted by atomic mass is 16.5. The minimum Gasteiger partial charge on any atom is -0.423 e. The second-order valence-corrected chi connectivity index (χ2v) is 9.46. The Morgan fingerprint density at radius 1 is 1.03 bits per heavy atom. The number of amides is 1. The van der Waals surface area contributed by atoms with E-state index in [4.69, 9.17) is 9.15 Å². The summed E-state index contributed by atoms with van der Waals surface area (Å²) in [6.45, 7) is 8.73. The Morgan fingerprint density at radius 2 is 1.76 bits per heavy atom. The Balaban J connectivity index is 1.39. The van der Waals surface area contributed by atoms with Gasteiger partial charge in [-0.2, -0.15) is 0 Å². The number of hydrogen-bond acceptors (Lipinski definition) is 5. The van der Waals surface area contributed by atoms with Crippen molar-refractivity contribution in [2.45, 2.75) is 39.2 Å². The lowest BCUT2D eigenvalue weighted by Crippen LogP contribution is -2.40. The van der Waals surface area contributed by atoms with E-state index in [-0.39, 0.29) is 11.5 Å². The van der Waals surface area contributed by atoms with E-state index in [2.05, 4.69) is 17.9 Å². The van der Waals surface area contributed by atoms with Gasteiger partial charge in [0.05, 0.1) is 13.2 Å². The lowest BCUT2D eigenvalue weighted by molar-refractivity contribution is 0.0303. The van der Waals surface area contributed by atoms with Crippen LogP contribution in [-0.2, 0) is 11.2 Å². The van der Waals surface area contributed by atoms with Crippen LogP contribution in [0.1, 0.15) is 41.3 Å². The molecule has 0 aliphatic carbocycles. The third-order valence-corrected chi connectivity index (χ3v) is 7.39. The van der Waals surface area contributed by atoms with Gasteiger partial charge in [-0.05, 0) is 80.6 Å². The summed E-state index contributed by atoms with van der Waals surface area (Å²) in [6.07, 6.45) is 3.16. The molecule has 1 atom stereocenters. The van der Waals surface area contributed by atoms with Gasteiger partial charge < -0.3 is 19.0 Å². The summed E-state index contributed by atoms with van der Waals surface area (Å²) in [5, 5.41) is 0.968. The van der Waals surface area contributed by atoms with Gasteiger partial charge in [0.15, 0.2) is 0 Å². The molecule has 2 saturated heterocycles. The Labute approximate surface area is 200 Å². The van der Waals surface area contributed by atoms with Crippen LogP contribution in [0.25, 0.3) is 22.1 Å². The first-order valence-electron chi connectivity index (χ1n) is 12.3. The van der Waals surface area contributed by atoms with Crippen LogP contribution >= 0.6 is 0 Å². The zero-order chi connectivity index (χ0) is 23.7. The highest BCUT2D eigenvalue weighted by Crippen LogP contribution is 2.28. The van der Waals surface area contributed by atoms with Crippen molar-refractivity contribution >= 4 is 16.9 Å². The molecule has 34 heavy (non-hydrogen) atoms. The molecular formula is C28H32N2O4. The molecule has 2 aliphatic rings. The van der Waals surface area contributed by atoms with Gasteiger partial charge in [0, 0.05) is 42.2 Å². The predicted molar refractivity (Wildman–Crippen MR) is 133 cm³/mol. The maximum absolute atomic E-state index is 12.7. The minimum atomic E-state index is -0.226. The van der Waals surface area contributed by atoms with Crippen LogP contribution in [0, 0.1) is 6.92 Å². The summed E-state index contributed by atoms with van der Waals surface area (Å²) in [5.74, 6) is 0.0444. The molecule has 2 aromatic carbocycles. The van der Waals surface area contributed by atoms with Gasteiger partial charge in [-0.3, -0.25) is 4.79 Å². The second kappa shape index (κ2) is 9.72. The maximum Gasteiger partial charge on any atom is 0.339 e. The van der Waals surface area contributed by atoms with Gasteiger partial charge in [0.25, 0.3) is 5.91 Å². The van der Waals surface area contributed by atoms with E-state index in [1.807, 2.05) is 48.2 Å². The van der Waals surface area contributed by atoms with Gasteiger partial charge in [-0.1, -0.05) is 18.2 Å². The number of benzene rings is 2. The second-order valence-electron chi connectivity index (χ2n) is 9.46. The molecule has 0 N–H and O–H groups in total. The lowest BCUT2D eigenvalue weighted by atomic mass is 9.98. The van der Waals surface area contributed by atoms with Gasteiger partial charge in [0.2, 0.25) is 0 Å². The summed E-state index contributed by atoms with van der Waals surface area (Å²) >= 11 is 0. The number of nitrogens with zero attached hydrogens (tertiary/aromatic N) is 2. The number of aryl methyl sites for hydroxylation is 1. The summed E-state index contributed by atoms with van der Waals surface area (Å²) in [6, 6.07) is 14.3. The van der Waals surface area contributed by atoms with Crippen LogP contribution < -0.4 is 5.63 Å². The van der Waals surface area contributed by atoms with Crippen LogP contribution in [0.15, 0.2) is 51.7 Å². The van der Waals surface area contributed by atoms with E-state index in [0.717, 1.165) is 40.7 Å². The maximum atomic E-state index is 12.7. The molecule has 1 unspecified atom stereocenters. The fraction of sp³-hybridized carbons (Fsp3) is 0.429. The van der Waals surface area contributed by atoms with Gasteiger partial charge in [-0.15, -0.1) is 0 Å². The van der Waals surface area contributed by atoms with Crippen LogP contribution in [0.2, 0.25) is 0 Å². The van der Waals surface area contributed by atoms with Crippen LogP contribution in [0.5, 0.6) is 0 Å². The van der Waals surface area contributed by atoms with Crippen molar-refractivity contribution in [3.05, 3.63) is 69.6 Å². The number of fused-ring (bicyclic) bond motifs is 1. The van der Waals surface area contributed by atoms with Crippen molar-refractivity contribution < 1.29 is 13.9 Å². The van der Waals surface area contributed by atoms with E-state index in [0.29, 0.717) is 49.9 Å². The average Bonchev–Trinajstić information content (AvgIpc) is 3.28. The molecule has 3 aromatic rings. The van der Waals surface area contributed by atoms with E-state index in [9.17, 15) is 9.59 Å². The Kier molecular flexibility index (Phi) is 6.53. The highest BCUT2D eigenvalue weighted by molar-refractivity contribution is 5.95. The summed E-state index contributed by atoms with van der Waals surface area (Å²) in [4.78, 5) is 29.7. The van der Waals surface area contributed by atoms with Crippen LogP contribution in [-0.4, -0.2) is 61.1 Å². The van der Waals surface area contributed by atoms with Crippen molar-refractivity contribution in [2.75, 3.05) is 39.4 Å². The van der Waals surface area contributed by atoms with E-state index >= 15 is 0 Å². The third-order valence-electron chi connectivity index (χ3n) is 7.39. The first kappa shape index (κ1) is 22.8. The standard InChI is InChI=1S/C28H32N2O4/c1-19-4-3-12-29(19)13-11-24-20(2)25-18-23(9-10-26(25)34-28(24)32)21-5-7-22(8-6-21)27(31)30-14-16-33-17-15-30/h5-10,18-19H,3-4,11-17H2,1-2H3. The molecule has 6 nitrogen and oxygen atoms in total. The average molecular weight is 461 g/mol. The first-order chi connectivity index (χ1) is 16.5. The monoisotopic (exact) mass is 460 g/mol. The number of likely N-dealkylation sites (tertiary alicyclic amines) is 1. The Morgan fingerprint density at radius 3 is 2.47 bits per heavy atom. The molecule has 1 amide bonds. The SMILES string of the molecule is Cc1c(CCN2CCCC2C)c(=O)oc2ccc(-c3ccc(C(=O)N4CCOCC4)cc3)cc12. The third kappa shape index (κ3) is 4.52. The number of carbonyl (C=O) groups excluding carboxylic acids is 1. The van der Waals surface area contributed by atoms with Crippen LogP contribution in [0.4, 0.5) is 0 Å². The molecule has 0 saturated carbocycles. The number of rotatable bonds is 5. The first-order valence-corrected chi connectivity index (χ1v) is 12.3. The molecule has 0 spiro atoms. The van der Waals surface area contributed by atoms with E-state index < -0.39 is 0 Å². The molecule has 0 bridgehead atoms. The summed E-state index contributed by atoms with van der Waals surface area (Å²) < 4.78 is 11.0. The van der Waals surface area contributed by atoms with Crippen molar-refractivity contribution in [1.29, 1.82) is 0 Å². The predicted octanol–water partition coefficient (Wildman–Crippen LogP) is 4.27. The fourth-order valence-electron chi connectivity index (χ4n) is 5.19. The van der Waals surface area contributed by atoms with E-state index in [1.165, 1.54) is 12.8 Å². The fourth-order valence-corrected chi connectivity index (χ4v) is 5.19. The van der Waals surface area contributed by atoms with Crippen molar-refractivity contribution in [1.82, 2.24) is 9.80 Å². The molecule has 6 heteroatoms. The molecule has 2 fully saturated rings. The molecule has 2 aliphatic heterocycles. The number of hydrogen-bond donors (Lipinski definition) is 0. The quantitative estimate of drug-likeness (QED) is 0.532. The molecular weight excluding hydrogens is 428 g/mol. The normalized spacial score (nSPS) is 19.1. The molecule has 5 rings (SSSR count). The zero-order valence-corrected chi connectivity index (χ0v) is 20.0. The lowest BCUT2D eigenvalue weighted by Gasteiger charge is -2.26. The highest BCUT2D eigenvalue weighted by Gasteiger charge is 2.21. The zero-order valence-electron chi connectivity index (χ0n) is 20.0. The molecule has 1 aromatic heterocycles. The van der Waals surface area contributed by atoms with Crippen molar-refractivity contribution in [3.63, 3.8) is 0 Å². The minimum absolute atomic E-state index is 0.0444. The van der Waals surface area contributed by atoms with Gasteiger partial charge in [-0.25, -0.2) is 4.79 Å². The Hall–Kier alpha value is -2.96. The number of ether oxygens (including phenoxy) is 1.